The zero-order chi connectivity index (χ0) is 19.7. The molecule has 0 bridgehead atoms. The molecule has 1 aromatic heterocycles. The van der Waals surface area contributed by atoms with Gasteiger partial charge in [0, 0.05) is 35.9 Å². The predicted octanol–water partition coefficient (Wildman–Crippen LogP) is 3.17. The molecule has 0 atom stereocenters. The number of alkyl halides is 2. The maximum atomic E-state index is 13.1. The molecule has 0 amide bonds. The quantitative estimate of drug-likeness (QED) is 0.751. The normalized spacial score (nSPS) is 19.4. The van der Waals surface area contributed by atoms with Crippen molar-refractivity contribution in [3.05, 3.63) is 78.5 Å². The Morgan fingerprint density at radius 3 is 2.86 bits per heavy atom. The molecule has 142 valence electrons. The van der Waals surface area contributed by atoms with Crippen LogP contribution in [0.3, 0.4) is 0 Å². The first-order chi connectivity index (χ1) is 13.4. The van der Waals surface area contributed by atoms with Crippen LogP contribution in [0.2, 0.25) is 0 Å². The van der Waals surface area contributed by atoms with Crippen molar-refractivity contribution in [3.63, 3.8) is 0 Å². The van der Waals surface area contributed by atoms with Gasteiger partial charge in [0.2, 0.25) is 0 Å². The Kier molecular flexibility index (Phi) is 4.19. The molecule has 0 saturated carbocycles. The molecule has 0 spiro atoms. The molecule has 0 unspecified atom stereocenters. The number of hydrogen-bond donors (Lipinski definition) is 3. The molecule has 0 radical (unpaired) electrons. The number of aliphatic imine (C=N–C) groups is 1. The summed E-state index contributed by atoms with van der Waals surface area (Å²) in [6.07, 6.45) is 3.06. The average Bonchev–Trinajstić information content (AvgIpc) is 3.24. The molecule has 0 fully saturated rings. The monoisotopic (exact) mass is 383 g/mol. The van der Waals surface area contributed by atoms with Crippen LogP contribution in [0.25, 0.3) is 5.70 Å². The number of halogens is 2. The van der Waals surface area contributed by atoms with E-state index in [2.05, 4.69) is 36.7 Å². The lowest BCUT2D eigenvalue weighted by atomic mass is 10.2. The second-order valence-electron chi connectivity index (χ2n) is 5.91. The summed E-state index contributed by atoms with van der Waals surface area (Å²) in [5.74, 6) is 0.640. The number of nitrogens with one attached hydrogen (secondary N) is 2. The number of nitrogens with zero attached hydrogens (tertiary/aromatic N) is 2. The number of pyridine rings is 1. The van der Waals surface area contributed by atoms with Gasteiger partial charge in [-0.25, -0.2) is 4.99 Å². The van der Waals surface area contributed by atoms with Crippen LogP contribution < -0.4 is 25.8 Å². The summed E-state index contributed by atoms with van der Waals surface area (Å²) in [4.78, 5) is 8.49. The summed E-state index contributed by atoms with van der Waals surface area (Å²) in [5.41, 5.74) is 8.47. The molecule has 1 aromatic carbocycles. The van der Waals surface area contributed by atoms with E-state index in [0.29, 0.717) is 22.8 Å². The first-order valence-corrected chi connectivity index (χ1v) is 8.19. The standard InChI is InChI=1S/C19H15F2N5O2/c1-11(12-3-2-7-23-10-12)25-18-14(6-8-24-18)17(22)26-13-4-5-15-16(9-13)28-19(20,21)27-15/h2-10,26H,1,22H2,(H,24,25)/b17-14+. The van der Waals surface area contributed by atoms with Crippen LogP contribution in [0.4, 0.5) is 14.5 Å². The lowest BCUT2D eigenvalue weighted by Crippen LogP contribution is -2.25. The first-order valence-electron chi connectivity index (χ1n) is 8.19. The van der Waals surface area contributed by atoms with E-state index in [1.165, 1.54) is 12.1 Å². The fraction of sp³-hybridized carbons (Fsp3) is 0.0526. The molecule has 9 heteroatoms. The molecular formula is C19H15F2N5O2. The van der Waals surface area contributed by atoms with Crippen molar-refractivity contribution in [1.29, 1.82) is 0 Å². The summed E-state index contributed by atoms with van der Waals surface area (Å²) < 4.78 is 35.1. The Morgan fingerprint density at radius 2 is 2.07 bits per heavy atom. The fourth-order valence-electron chi connectivity index (χ4n) is 2.65. The van der Waals surface area contributed by atoms with Gasteiger partial charge in [-0.3, -0.25) is 4.98 Å². The van der Waals surface area contributed by atoms with E-state index in [9.17, 15) is 8.78 Å². The van der Waals surface area contributed by atoms with Crippen LogP contribution in [0.1, 0.15) is 5.56 Å². The van der Waals surface area contributed by atoms with E-state index in [0.717, 1.165) is 5.56 Å². The summed E-state index contributed by atoms with van der Waals surface area (Å²) in [6.45, 7) is 3.94. The molecule has 28 heavy (non-hydrogen) atoms. The zero-order valence-electron chi connectivity index (χ0n) is 14.4. The van der Waals surface area contributed by atoms with Gasteiger partial charge in [-0.2, -0.15) is 0 Å². The van der Waals surface area contributed by atoms with Gasteiger partial charge in [0.05, 0.1) is 11.3 Å². The molecule has 2 aliphatic heterocycles. The van der Waals surface area contributed by atoms with Gasteiger partial charge >= 0.3 is 6.29 Å². The Hall–Kier alpha value is -3.88. The average molecular weight is 383 g/mol. The molecule has 7 nitrogen and oxygen atoms in total. The highest BCUT2D eigenvalue weighted by Gasteiger charge is 2.43. The van der Waals surface area contributed by atoms with Crippen molar-refractivity contribution in [1.82, 2.24) is 10.3 Å². The van der Waals surface area contributed by atoms with Crippen LogP contribution in [0.5, 0.6) is 11.5 Å². The van der Waals surface area contributed by atoms with Gasteiger partial charge in [-0.1, -0.05) is 6.58 Å². The summed E-state index contributed by atoms with van der Waals surface area (Å²) in [7, 11) is 0. The maximum Gasteiger partial charge on any atom is 0.586 e. The fourth-order valence-corrected chi connectivity index (χ4v) is 2.65. The van der Waals surface area contributed by atoms with E-state index in [1.54, 1.807) is 36.8 Å². The number of ether oxygens (including phenoxy) is 2. The van der Waals surface area contributed by atoms with Crippen molar-refractivity contribution in [2.45, 2.75) is 6.29 Å². The summed E-state index contributed by atoms with van der Waals surface area (Å²) >= 11 is 0. The van der Waals surface area contributed by atoms with Crippen molar-refractivity contribution in [2.75, 3.05) is 5.32 Å². The third kappa shape index (κ3) is 3.50. The van der Waals surface area contributed by atoms with Gasteiger partial charge in [0.1, 0.15) is 11.7 Å². The largest absolute Gasteiger partial charge is 0.586 e. The van der Waals surface area contributed by atoms with E-state index in [4.69, 9.17) is 5.73 Å². The summed E-state index contributed by atoms with van der Waals surface area (Å²) in [5, 5.41) is 5.94. The van der Waals surface area contributed by atoms with Gasteiger partial charge in [0.25, 0.3) is 0 Å². The smallest absolute Gasteiger partial charge is 0.395 e. The number of hydrogen-bond acceptors (Lipinski definition) is 6. The van der Waals surface area contributed by atoms with Crippen LogP contribution in [-0.4, -0.2) is 17.1 Å². The Morgan fingerprint density at radius 1 is 1.25 bits per heavy atom. The van der Waals surface area contributed by atoms with Gasteiger partial charge in [0.15, 0.2) is 11.5 Å². The van der Waals surface area contributed by atoms with Crippen molar-refractivity contribution in [2.24, 2.45) is 10.7 Å². The molecule has 0 saturated heterocycles. The minimum atomic E-state index is -3.67. The van der Waals surface area contributed by atoms with Gasteiger partial charge in [-0.05, 0) is 30.3 Å². The van der Waals surface area contributed by atoms with Crippen LogP contribution in [-0.2, 0) is 0 Å². The molecule has 2 aromatic rings. The Bertz CT molecular complexity index is 1030. The molecule has 4 rings (SSSR count). The Labute approximate surface area is 158 Å². The number of rotatable bonds is 4. The zero-order valence-corrected chi connectivity index (χ0v) is 14.4. The number of aromatic nitrogens is 1. The first kappa shape index (κ1) is 17.5. The second-order valence-corrected chi connectivity index (χ2v) is 5.91. The highest BCUT2D eigenvalue weighted by atomic mass is 19.3. The lowest BCUT2D eigenvalue weighted by molar-refractivity contribution is -0.286. The third-order valence-electron chi connectivity index (χ3n) is 3.94. The number of anilines is 1. The van der Waals surface area contributed by atoms with Crippen LogP contribution >= 0.6 is 0 Å². The predicted molar refractivity (Wildman–Crippen MR) is 100 cm³/mol. The Balaban J connectivity index is 1.56. The number of nitrogens with two attached hydrogens (primary N) is 1. The van der Waals surface area contributed by atoms with Crippen LogP contribution in [0.15, 0.2) is 78.0 Å². The number of amidine groups is 1. The van der Waals surface area contributed by atoms with E-state index >= 15 is 0 Å². The van der Waals surface area contributed by atoms with E-state index in [-0.39, 0.29) is 17.3 Å². The molecule has 0 aliphatic carbocycles. The highest BCUT2D eigenvalue weighted by Crippen LogP contribution is 2.42. The molecular weight excluding hydrogens is 368 g/mol. The van der Waals surface area contributed by atoms with E-state index < -0.39 is 6.29 Å². The lowest BCUT2D eigenvalue weighted by Gasteiger charge is -2.11. The highest BCUT2D eigenvalue weighted by molar-refractivity contribution is 6.07. The van der Waals surface area contributed by atoms with Gasteiger partial charge in [-0.15, -0.1) is 8.78 Å². The van der Waals surface area contributed by atoms with Crippen molar-refractivity contribution >= 4 is 17.2 Å². The van der Waals surface area contributed by atoms with E-state index in [1.807, 2.05) is 6.07 Å². The molecule has 3 heterocycles. The third-order valence-corrected chi connectivity index (χ3v) is 3.94. The molecule has 4 N–H and O–H groups in total. The number of benzene rings is 1. The summed E-state index contributed by atoms with van der Waals surface area (Å²) in [6, 6.07) is 7.93. The molecule has 2 aliphatic rings. The maximum absolute atomic E-state index is 13.1. The SMILES string of the molecule is C=C(/N=C1/NC=C/C1=C(/N)Nc1ccc2c(c1)OC(F)(F)O2)c1cccnc1. The minimum absolute atomic E-state index is 0.0424. The van der Waals surface area contributed by atoms with Crippen molar-refractivity contribution < 1.29 is 18.3 Å². The van der Waals surface area contributed by atoms with Gasteiger partial charge < -0.3 is 25.8 Å². The van der Waals surface area contributed by atoms with Crippen LogP contribution in [0, 0.1) is 0 Å². The topological polar surface area (TPSA) is 93.8 Å². The minimum Gasteiger partial charge on any atom is -0.395 e. The van der Waals surface area contributed by atoms with Crippen molar-refractivity contribution in [3.8, 4) is 11.5 Å². The second kappa shape index (κ2) is 6.69. The number of fused-ring (bicyclic) bond motifs is 1.